The summed E-state index contributed by atoms with van der Waals surface area (Å²) < 4.78 is 29.7. The summed E-state index contributed by atoms with van der Waals surface area (Å²) in [4.78, 5) is 0. The van der Waals surface area contributed by atoms with E-state index in [0.717, 1.165) is 12.8 Å². The molecular weight excluding hydrogens is 375 g/mol. The van der Waals surface area contributed by atoms with Crippen LogP contribution in [-0.4, -0.2) is 18.7 Å². The highest BCUT2D eigenvalue weighted by molar-refractivity contribution is 7.85. The van der Waals surface area contributed by atoms with Crippen molar-refractivity contribution >= 4 is 20.0 Å². The van der Waals surface area contributed by atoms with E-state index in [2.05, 4.69) is 6.92 Å². The Hall–Kier alpha value is 0.340. The maximum absolute atomic E-state index is 10.5. The van der Waals surface area contributed by atoms with E-state index in [1.807, 2.05) is 0 Å². The lowest BCUT2D eigenvalue weighted by Crippen LogP contribution is -2.03. The lowest BCUT2D eigenvalue weighted by atomic mass is 10.0. The topological polar surface area (TPSA) is 54.4 Å². The van der Waals surface area contributed by atoms with Crippen LogP contribution in [0.3, 0.4) is 0 Å². The molecule has 0 aromatic heterocycles. The summed E-state index contributed by atoms with van der Waals surface area (Å²) >= 11 is 0. The predicted octanol–water partition coefficient (Wildman–Crippen LogP) is 7.75. The molecule has 0 radical (unpaired) electrons. The molecule has 0 heterocycles. The maximum atomic E-state index is 10.5. The minimum absolute atomic E-state index is 0. The van der Waals surface area contributed by atoms with E-state index in [9.17, 15) is 8.42 Å². The Balaban J connectivity index is 0. The Morgan fingerprint density at radius 2 is 0.815 bits per heavy atom. The van der Waals surface area contributed by atoms with Crippen LogP contribution < -0.4 is 0 Å². The van der Waals surface area contributed by atoms with E-state index in [0.29, 0.717) is 6.42 Å². The van der Waals surface area contributed by atoms with Crippen LogP contribution >= 0.6 is 9.90 Å². The maximum Gasteiger partial charge on any atom is 0.264 e. The van der Waals surface area contributed by atoms with E-state index in [1.54, 1.807) is 0 Å². The molecule has 0 saturated heterocycles. The van der Waals surface area contributed by atoms with Gasteiger partial charge in [-0.25, -0.2) is 0 Å². The first-order valence-electron chi connectivity index (χ1n) is 11.5. The van der Waals surface area contributed by atoms with Crippen LogP contribution in [0.5, 0.6) is 0 Å². The zero-order valence-electron chi connectivity index (χ0n) is 18.2. The third kappa shape index (κ3) is 28.6. The lowest BCUT2D eigenvalue weighted by molar-refractivity contribution is 0.478. The van der Waals surface area contributed by atoms with Crippen molar-refractivity contribution in [1.82, 2.24) is 0 Å². The zero-order chi connectivity index (χ0) is 19.3. The molecule has 5 heteroatoms. The molecule has 1 unspecified atom stereocenters. The average molecular weight is 425 g/mol. The van der Waals surface area contributed by atoms with Gasteiger partial charge in [-0.05, 0) is 6.42 Å². The SMILES string of the molecule is C1CCC1.CCCCCCCCCCCCCCCCCCS(=O)(=O)O.P. The third-order valence-electron chi connectivity index (χ3n) is 5.26. The molecule has 27 heavy (non-hydrogen) atoms. The number of hydrogen-bond donors (Lipinski definition) is 1. The van der Waals surface area contributed by atoms with Gasteiger partial charge >= 0.3 is 0 Å². The molecule has 1 aliphatic carbocycles. The molecule has 0 aromatic rings. The summed E-state index contributed by atoms with van der Waals surface area (Å²) in [5.41, 5.74) is 0. The first-order chi connectivity index (χ1) is 12.6. The molecule has 1 rings (SSSR count). The second-order valence-electron chi connectivity index (χ2n) is 8.00. The molecule has 166 valence electrons. The smallest absolute Gasteiger partial charge is 0.264 e. The highest BCUT2D eigenvalue weighted by atomic mass is 32.2. The minimum atomic E-state index is -3.74. The Labute approximate surface area is 174 Å². The summed E-state index contributed by atoms with van der Waals surface area (Å²) in [6.45, 7) is 2.26. The summed E-state index contributed by atoms with van der Waals surface area (Å²) in [5, 5.41) is 0. The molecule has 1 N–H and O–H groups in total. The summed E-state index contributed by atoms with van der Waals surface area (Å²) in [5.74, 6) is -0.0779. The average Bonchev–Trinajstić information content (AvgIpc) is 2.52. The Kier molecular flexibility index (Phi) is 24.8. The Bertz CT molecular complexity index is 364. The van der Waals surface area contributed by atoms with E-state index >= 15 is 0 Å². The summed E-state index contributed by atoms with van der Waals surface area (Å²) in [6, 6.07) is 0. The fourth-order valence-electron chi connectivity index (χ4n) is 3.08. The minimum Gasteiger partial charge on any atom is -0.286 e. The van der Waals surface area contributed by atoms with Gasteiger partial charge in [0.1, 0.15) is 0 Å². The van der Waals surface area contributed by atoms with Crippen molar-refractivity contribution in [3.63, 3.8) is 0 Å². The lowest BCUT2D eigenvalue weighted by Gasteiger charge is -2.05. The van der Waals surface area contributed by atoms with Crippen molar-refractivity contribution in [2.24, 2.45) is 0 Å². The van der Waals surface area contributed by atoms with Gasteiger partial charge in [0, 0.05) is 0 Å². The highest BCUT2D eigenvalue weighted by Gasteiger charge is 2.02. The van der Waals surface area contributed by atoms with Crippen molar-refractivity contribution in [1.29, 1.82) is 0 Å². The van der Waals surface area contributed by atoms with Crippen molar-refractivity contribution < 1.29 is 13.0 Å². The molecule has 0 aliphatic heterocycles. The van der Waals surface area contributed by atoms with Crippen LogP contribution in [-0.2, 0) is 10.1 Å². The van der Waals surface area contributed by atoms with Gasteiger partial charge in [0.15, 0.2) is 0 Å². The molecule has 0 bridgehead atoms. The molecule has 1 fully saturated rings. The van der Waals surface area contributed by atoms with Crippen LogP contribution in [0, 0.1) is 0 Å². The van der Waals surface area contributed by atoms with Gasteiger partial charge in [-0.2, -0.15) is 18.3 Å². The van der Waals surface area contributed by atoms with E-state index in [1.165, 1.54) is 109 Å². The highest BCUT2D eigenvalue weighted by Crippen LogP contribution is 2.15. The number of hydrogen-bond acceptors (Lipinski definition) is 2. The molecular formula is C22H49O3PS. The van der Waals surface area contributed by atoms with Crippen molar-refractivity contribution in [3.8, 4) is 0 Å². The molecule has 1 atom stereocenters. The first-order valence-corrected chi connectivity index (χ1v) is 13.1. The summed E-state index contributed by atoms with van der Waals surface area (Å²) in [7, 11) is -3.74. The second kappa shape index (κ2) is 22.6. The van der Waals surface area contributed by atoms with Gasteiger partial charge in [-0.15, -0.1) is 0 Å². The van der Waals surface area contributed by atoms with Gasteiger partial charge < -0.3 is 0 Å². The van der Waals surface area contributed by atoms with Gasteiger partial charge in [0.05, 0.1) is 5.75 Å². The van der Waals surface area contributed by atoms with Crippen LogP contribution in [0.1, 0.15) is 135 Å². The van der Waals surface area contributed by atoms with Gasteiger partial charge in [-0.1, -0.05) is 129 Å². The van der Waals surface area contributed by atoms with Crippen LogP contribution in [0.15, 0.2) is 0 Å². The third-order valence-corrected chi connectivity index (χ3v) is 6.06. The van der Waals surface area contributed by atoms with Crippen LogP contribution in [0.4, 0.5) is 0 Å². The van der Waals surface area contributed by atoms with Crippen LogP contribution in [0.2, 0.25) is 0 Å². The van der Waals surface area contributed by atoms with E-state index in [4.69, 9.17) is 4.55 Å². The van der Waals surface area contributed by atoms with Crippen molar-refractivity contribution in [2.75, 3.05) is 5.75 Å². The molecule has 0 spiro atoms. The molecule has 0 aromatic carbocycles. The summed E-state index contributed by atoms with van der Waals surface area (Å²) in [6.07, 6.45) is 26.3. The number of unbranched alkanes of at least 4 members (excludes halogenated alkanes) is 15. The van der Waals surface area contributed by atoms with E-state index in [-0.39, 0.29) is 15.7 Å². The standard InChI is InChI=1S/C18H38O3S.C4H8.H3P/c1-2-3-4-5-6-7-8-9-10-11-12-13-14-15-16-17-18-22(19,20)21;1-2-4-3-1;/h2-18H2,1H3,(H,19,20,21);1-4H2;1H3. The van der Waals surface area contributed by atoms with Crippen molar-refractivity contribution in [2.45, 2.75) is 135 Å². The fraction of sp³-hybridized carbons (Fsp3) is 1.00. The first kappa shape index (κ1) is 29.5. The predicted molar refractivity (Wildman–Crippen MR) is 126 cm³/mol. The molecule has 0 amide bonds. The monoisotopic (exact) mass is 424 g/mol. The number of rotatable bonds is 17. The van der Waals surface area contributed by atoms with Crippen LogP contribution in [0.25, 0.3) is 0 Å². The van der Waals surface area contributed by atoms with E-state index < -0.39 is 10.1 Å². The normalized spacial score (nSPS) is 13.3. The van der Waals surface area contributed by atoms with Gasteiger partial charge in [0.2, 0.25) is 0 Å². The Morgan fingerprint density at radius 3 is 1.04 bits per heavy atom. The van der Waals surface area contributed by atoms with Gasteiger partial charge in [0.25, 0.3) is 10.1 Å². The molecule has 1 aliphatic rings. The molecule has 3 nitrogen and oxygen atoms in total. The second-order valence-corrected chi connectivity index (χ2v) is 9.58. The van der Waals surface area contributed by atoms with Gasteiger partial charge in [-0.3, -0.25) is 4.55 Å². The molecule has 1 saturated carbocycles. The largest absolute Gasteiger partial charge is 0.286 e. The zero-order valence-corrected chi connectivity index (χ0v) is 20.5. The Morgan fingerprint density at radius 1 is 0.556 bits per heavy atom. The van der Waals surface area contributed by atoms with Crippen molar-refractivity contribution in [3.05, 3.63) is 0 Å². The fourth-order valence-corrected chi connectivity index (χ4v) is 3.65. The quantitative estimate of drug-likeness (QED) is 0.147.